The highest BCUT2D eigenvalue weighted by molar-refractivity contribution is 8.19. The summed E-state index contributed by atoms with van der Waals surface area (Å²) >= 11 is 7.00. The normalized spacial score (nSPS) is 15.6. The van der Waals surface area contributed by atoms with Crippen LogP contribution in [0.1, 0.15) is 16.1 Å². The summed E-state index contributed by atoms with van der Waals surface area (Å²) in [5.74, 6) is -0.908. The number of benzene rings is 3. The van der Waals surface area contributed by atoms with Gasteiger partial charge in [0, 0.05) is 16.7 Å². The number of hydrazone groups is 1. The summed E-state index contributed by atoms with van der Waals surface area (Å²) < 4.78 is 18.5. The molecule has 0 aliphatic carbocycles. The minimum atomic E-state index is -0.608. The number of nitrogens with one attached hydrogen (secondary N) is 1. The van der Waals surface area contributed by atoms with E-state index in [0.29, 0.717) is 32.5 Å². The van der Waals surface area contributed by atoms with Crippen molar-refractivity contribution in [1.29, 1.82) is 0 Å². The highest BCUT2D eigenvalue weighted by Gasteiger charge is 2.35. The van der Waals surface area contributed by atoms with Gasteiger partial charge in [-0.1, -0.05) is 47.1 Å². The Balaban J connectivity index is 1.40. The standard InChI is InChI=1S/C26H16ClFN4O3S/c27-18-10-8-17(9-11-18)22-15-21(31-35-22)24(33)29-30-26-32(20-4-2-1-3-5-20)25(34)23(36-26)14-16-6-12-19(28)13-7-16/h1-15H,(H,29,33)/b23-14-,30-26+. The molecule has 2 amide bonds. The maximum absolute atomic E-state index is 13.3. The average molecular weight is 519 g/mol. The van der Waals surface area contributed by atoms with Gasteiger partial charge >= 0.3 is 0 Å². The van der Waals surface area contributed by atoms with Crippen LogP contribution >= 0.6 is 23.4 Å². The third-order valence-corrected chi connectivity index (χ3v) is 6.33. The quantitative estimate of drug-likeness (QED) is 0.260. The van der Waals surface area contributed by atoms with E-state index in [0.717, 1.165) is 11.8 Å². The van der Waals surface area contributed by atoms with E-state index in [4.69, 9.17) is 16.1 Å². The predicted octanol–water partition coefficient (Wildman–Crippen LogP) is 5.96. The van der Waals surface area contributed by atoms with Gasteiger partial charge in [-0.15, -0.1) is 5.10 Å². The molecule has 7 nitrogen and oxygen atoms in total. The van der Waals surface area contributed by atoms with E-state index in [1.165, 1.54) is 23.1 Å². The lowest BCUT2D eigenvalue weighted by molar-refractivity contribution is -0.113. The van der Waals surface area contributed by atoms with E-state index in [2.05, 4.69) is 15.7 Å². The number of nitrogens with zero attached hydrogens (tertiary/aromatic N) is 3. The second kappa shape index (κ2) is 10.2. The summed E-state index contributed by atoms with van der Waals surface area (Å²) in [6.45, 7) is 0. The molecule has 1 fully saturated rings. The fraction of sp³-hybridized carbons (Fsp3) is 0. The number of amidine groups is 1. The Morgan fingerprint density at radius 1 is 1.06 bits per heavy atom. The van der Waals surface area contributed by atoms with Crippen LogP contribution in [0.2, 0.25) is 5.02 Å². The predicted molar refractivity (Wildman–Crippen MR) is 138 cm³/mol. The van der Waals surface area contributed by atoms with Gasteiger partial charge in [-0.05, 0) is 71.9 Å². The largest absolute Gasteiger partial charge is 0.355 e. The van der Waals surface area contributed by atoms with Crippen LogP contribution in [-0.4, -0.2) is 22.1 Å². The molecule has 4 aromatic rings. The number of para-hydroxylation sites is 1. The van der Waals surface area contributed by atoms with Crippen LogP contribution in [0.25, 0.3) is 17.4 Å². The second-order valence-electron chi connectivity index (χ2n) is 7.56. The molecule has 1 aliphatic heterocycles. The van der Waals surface area contributed by atoms with Crippen LogP contribution in [0, 0.1) is 5.82 Å². The summed E-state index contributed by atoms with van der Waals surface area (Å²) in [5, 5.41) is 8.82. The fourth-order valence-electron chi connectivity index (χ4n) is 3.35. The molecular weight excluding hydrogens is 503 g/mol. The van der Waals surface area contributed by atoms with Crippen LogP contribution in [0.15, 0.2) is 99.5 Å². The van der Waals surface area contributed by atoms with E-state index < -0.39 is 5.91 Å². The van der Waals surface area contributed by atoms with Crippen molar-refractivity contribution in [3.63, 3.8) is 0 Å². The molecule has 0 atom stereocenters. The van der Waals surface area contributed by atoms with Crippen molar-refractivity contribution in [2.24, 2.45) is 5.10 Å². The number of amides is 2. The van der Waals surface area contributed by atoms with Crippen LogP contribution in [0.5, 0.6) is 0 Å². The van der Waals surface area contributed by atoms with Crippen LogP contribution < -0.4 is 10.3 Å². The Kier molecular flexibility index (Phi) is 6.66. The molecule has 0 radical (unpaired) electrons. The highest BCUT2D eigenvalue weighted by atomic mass is 35.5. The summed E-state index contributed by atoms with van der Waals surface area (Å²) in [7, 11) is 0. The molecule has 0 saturated carbocycles. The van der Waals surface area contributed by atoms with Crippen molar-refractivity contribution in [3.8, 4) is 11.3 Å². The first-order chi connectivity index (χ1) is 17.5. The number of aromatic nitrogens is 1. The Hall–Kier alpha value is -4.21. The third-order valence-electron chi connectivity index (χ3n) is 5.11. The Morgan fingerprint density at radius 2 is 1.78 bits per heavy atom. The minimum Gasteiger partial charge on any atom is -0.355 e. The zero-order valence-corrected chi connectivity index (χ0v) is 20.0. The molecule has 3 aromatic carbocycles. The molecule has 0 spiro atoms. The average Bonchev–Trinajstić information content (AvgIpc) is 3.50. The molecule has 1 aromatic heterocycles. The number of carbonyl (C=O) groups excluding carboxylic acids is 2. The number of halogens is 2. The van der Waals surface area contributed by atoms with Gasteiger partial charge in [0.2, 0.25) is 0 Å². The first-order valence-corrected chi connectivity index (χ1v) is 11.8. The van der Waals surface area contributed by atoms with E-state index in [1.807, 2.05) is 6.07 Å². The summed E-state index contributed by atoms with van der Waals surface area (Å²) in [4.78, 5) is 27.7. The first-order valence-electron chi connectivity index (χ1n) is 10.6. The molecule has 178 valence electrons. The number of hydrogen-bond donors (Lipinski definition) is 1. The molecule has 1 saturated heterocycles. The van der Waals surface area contributed by atoms with Gasteiger partial charge in [0.25, 0.3) is 11.8 Å². The number of carbonyl (C=O) groups is 2. The summed E-state index contributed by atoms with van der Waals surface area (Å²) in [6, 6.07) is 23.1. The molecule has 0 bridgehead atoms. The minimum absolute atomic E-state index is 0.0203. The Bertz CT molecular complexity index is 1490. The maximum atomic E-state index is 13.3. The van der Waals surface area contributed by atoms with Crippen molar-refractivity contribution in [3.05, 3.63) is 112 Å². The Labute approximate surface area is 214 Å². The highest BCUT2D eigenvalue weighted by Crippen LogP contribution is 2.35. The van der Waals surface area contributed by atoms with E-state index >= 15 is 0 Å². The lowest BCUT2D eigenvalue weighted by Gasteiger charge is -2.15. The SMILES string of the molecule is O=C(N/N=C1/S/C(=C\c2ccc(F)cc2)C(=O)N1c1ccccc1)c1cc(-c2ccc(Cl)cc2)on1. The number of rotatable bonds is 5. The van der Waals surface area contributed by atoms with Gasteiger partial charge in [0.1, 0.15) is 5.82 Å². The molecule has 10 heteroatoms. The fourth-order valence-corrected chi connectivity index (χ4v) is 4.42. The lowest BCUT2D eigenvalue weighted by atomic mass is 10.1. The van der Waals surface area contributed by atoms with E-state index in [9.17, 15) is 14.0 Å². The molecule has 1 N–H and O–H groups in total. The third kappa shape index (κ3) is 5.07. The van der Waals surface area contributed by atoms with Crippen molar-refractivity contribution >= 4 is 52.1 Å². The van der Waals surface area contributed by atoms with Gasteiger partial charge in [0.05, 0.1) is 10.6 Å². The van der Waals surface area contributed by atoms with Crippen molar-refractivity contribution < 1.29 is 18.5 Å². The molecule has 2 heterocycles. The van der Waals surface area contributed by atoms with Crippen LogP contribution in [0.4, 0.5) is 10.1 Å². The van der Waals surface area contributed by atoms with Gasteiger partial charge in [0.15, 0.2) is 16.6 Å². The lowest BCUT2D eigenvalue weighted by Crippen LogP contribution is -2.31. The van der Waals surface area contributed by atoms with E-state index in [-0.39, 0.29) is 22.6 Å². The Morgan fingerprint density at radius 3 is 2.50 bits per heavy atom. The number of thioether (sulfide) groups is 1. The maximum Gasteiger partial charge on any atom is 0.293 e. The number of hydrogen-bond acceptors (Lipinski definition) is 6. The molecule has 0 unspecified atom stereocenters. The summed E-state index contributed by atoms with van der Waals surface area (Å²) in [6.07, 6.45) is 1.64. The van der Waals surface area contributed by atoms with E-state index in [1.54, 1.807) is 66.7 Å². The smallest absolute Gasteiger partial charge is 0.293 e. The first kappa shape index (κ1) is 23.5. The van der Waals surface area contributed by atoms with Crippen molar-refractivity contribution in [2.45, 2.75) is 0 Å². The van der Waals surface area contributed by atoms with Crippen molar-refractivity contribution in [2.75, 3.05) is 4.90 Å². The molecule has 5 rings (SSSR count). The summed E-state index contributed by atoms with van der Waals surface area (Å²) in [5.41, 5.74) is 4.41. The zero-order chi connectivity index (χ0) is 25.1. The second-order valence-corrected chi connectivity index (χ2v) is 9.00. The number of anilines is 1. The molecular formula is C26H16ClFN4O3S. The molecule has 36 heavy (non-hydrogen) atoms. The zero-order valence-electron chi connectivity index (χ0n) is 18.4. The van der Waals surface area contributed by atoms with Gasteiger partial charge in [-0.2, -0.15) is 0 Å². The van der Waals surface area contributed by atoms with Crippen LogP contribution in [-0.2, 0) is 4.79 Å². The topological polar surface area (TPSA) is 87.8 Å². The monoisotopic (exact) mass is 518 g/mol. The van der Waals surface area contributed by atoms with Gasteiger partial charge in [-0.3, -0.25) is 14.5 Å². The van der Waals surface area contributed by atoms with Crippen LogP contribution in [0.3, 0.4) is 0 Å². The van der Waals surface area contributed by atoms with Crippen molar-refractivity contribution in [1.82, 2.24) is 10.6 Å². The molecule has 1 aliphatic rings. The van der Waals surface area contributed by atoms with Gasteiger partial charge < -0.3 is 4.52 Å². The van der Waals surface area contributed by atoms with Gasteiger partial charge in [-0.25, -0.2) is 9.82 Å².